The molecule has 0 radical (unpaired) electrons. The zero-order chi connectivity index (χ0) is 24.6. The average Bonchev–Trinajstić information content (AvgIpc) is 3.06. The fourth-order valence-electron chi connectivity index (χ4n) is 4.67. The Balaban J connectivity index is 1.40. The summed E-state index contributed by atoms with van der Waals surface area (Å²) in [7, 11) is 0. The molecule has 1 aliphatic carbocycles. The second-order valence-corrected chi connectivity index (χ2v) is 8.95. The summed E-state index contributed by atoms with van der Waals surface area (Å²) in [6.07, 6.45) is 2.33. The van der Waals surface area contributed by atoms with E-state index in [1.807, 2.05) is 0 Å². The molecule has 34 heavy (non-hydrogen) atoms. The Hall–Kier alpha value is -3.88. The Bertz CT molecular complexity index is 1190. The first-order valence-electron chi connectivity index (χ1n) is 11.1. The lowest BCUT2D eigenvalue weighted by atomic mass is 9.76. The number of rotatable bonds is 6. The number of nitrogens with zero attached hydrogens (tertiary/aromatic N) is 2. The Morgan fingerprint density at radius 2 is 1.68 bits per heavy atom. The lowest BCUT2D eigenvalue weighted by molar-refractivity contribution is -0.385. The quantitative estimate of drug-likeness (QED) is 0.209. The number of nitro groups is 1. The maximum absolute atomic E-state index is 12.8. The molecule has 2 amide bonds. The van der Waals surface area contributed by atoms with Gasteiger partial charge in [0.15, 0.2) is 6.61 Å². The molecule has 2 aromatic rings. The molecule has 1 heterocycles. The van der Waals surface area contributed by atoms with E-state index in [9.17, 15) is 29.3 Å². The molecule has 0 aromatic heterocycles. The van der Waals surface area contributed by atoms with E-state index in [2.05, 4.69) is 6.92 Å². The highest BCUT2D eigenvalue weighted by atomic mass is 16.6. The number of carbonyl (C=O) groups is 4. The number of amides is 2. The van der Waals surface area contributed by atoms with Gasteiger partial charge in [0, 0.05) is 17.2 Å². The molecule has 1 saturated carbocycles. The van der Waals surface area contributed by atoms with E-state index in [4.69, 9.17) is 4.74 Å². The summed E-state index contributed by atoms with van der Waals surface area (Å²) in [5.74, 6) is -1.89. The Morgan fingerprint density at radius 1 is 1.03 bits per heavy atom. The van der Waals surface area contributed by atoms with Gasteiger partial charge in [-0.05, 0) is 56.4 Å². The molecular formula is C25H24N2O7. The Kier molecular flexibility index (Phi) is 6.28. The van der Waals surface area contributed by atoms with Crippen LogP contribution in [0, 0.1) is 34.8 Å². The fraction of sp³-hybridized carbons (Fsp3) is 0.360. The molecule has 9 nitrogen and oxygen atoms in total. The van der Waals surface area contributed by atoms with Crippen LogP contribution in [0.15, 0.2) is 42.5 Å². The van der Waals surface area contributed by atoms with Crippen molar-refractivity contribution in [3.63, 3.8) is 0 Å². The lowest BCUT2D eigenvalue weighted by Gasteiger charge is -2.25. The van der Waals surface area contributed by atoms with E-state index in [0.29, 0.717) is 30.0 Å². The number of fused-ring (bicyclic) bond motifs is 1. The third kappa shape index (κ3) is 4.33. The van der Waals surface area contributed by atoms with Crippen LogP contribution < -0.4 is 4.90 Å². The molecule has 2 fully saturated rings. The number of Topliss-reactive ketones (excluding diaryl/α,β-unsaturated/α-hetero) is 1. The first-order chi connectivity index (χ1) is 16.2. The molecule has 0 N–H and O–H groups in total. The standard InChI is InChI=1S/C25H24N2O7/c1-14-3-10-19-20(11-14)24(30)26(23(19)29)18-8-6-16(7-9-18)25(31)34-13-22(28)17-5-4-15(2)21(12-17)27(32)33/h4-9,12,14,19-20H,3,10-11,13H2,1-2H3. The van der Waals surface area contributed by atoms with Crippen LogP contribution in [0.2, 0.25) is 0 Å². The van der Waals surface area contributed by atoms with Crippen molar-refractivity contribution in [3.8, 4) is 0 Å². The van der Waals surface area contributed by atoms with Crippen molar-refractivity contribution in [1.29, 1.82) is 0 Å². The van der Waals surface area contributed by atoms with Crippen molar-refractivity contribution < 1.29 is 28.8 Å². The number of aryl methyl sites for hydroxylation is 1. The third-order valence-corrected chi connectivity index (χ3v) is 6.61. The molecule has 2 aliphatic rings. The summed E-state index contributed by atoms with van der Waals surface area (Å²) >= 11 is 0. The molecule has 2 aromatic carbocycles. The molecule has 1 aliphatic heterocycles. The van der Waals surface area contributed by atoms with Gasteiger partial charge in [0.2, 0.25) is 17.6 Å². The number of nitro benzene ring substituents is 1. The molecule has 4 rings (SSSR count). The number of hydrogen-bond acceptors (Lipinski definition) is 7. The number of ether oxygens (including phenoxy) is 1. The normalized spacial score (nSPS) is 21.8. The van der Waals surface area contributed by atoms with Crippen LogP contribution in [0.1, 0.15) is 52.5 Å². The van der Waals surface area contributed by atoms with Gasteiger partial charge in [-0.1, -0.05) is 19.1 Å². The number of anilines is 1. The molecular weight excluding hydrogens is 440 g/mol. The van der Waals surface area contributed by atoms with Crippen LogP contribution in [0.25, 0.3) is 0 Å². The number of carbonyl (C=O) groups excluding carboxylic acids is 4. The highest BCUT2D eigenvalue weighted by Gasteiger charge is 2.49. The topological polar surface area (TPSA) is 124 Å². The smallest absolute Gasteiger partial charge is 0.338 e. The van der Waals surface area contributed by atoms with Crippen LogP contribution in [-0.2, 0) is 14.3 Å². The summed E-state index contributed by atoms with van der Waals surface area (Å²) in [5, 5.41) is 11.1. The molecule has 1 saturated heterocycles. The van der Waals surface area contributed by atoms with E-state index < -0.39 is 23.3 Å². The van der Waals surface area contributed by atoms with Gasteiger partial charge in [-0.3, -0.25) is 29.4 Å². The van der Waals surface area contributed by atoms with Crippen LogP contribution in [-0.4, -0.2) is 35.1 Å². The highest BCUT2D eigenvalue weighted by Crippen LogP contribution is 2.42. The van der Waals surface area contributed by atoms with Crippen LogP contribution >= 0.6 is 0 Å². The van der Waals surface area contributed by atoms with Crippen LogP contribution in [0.3, 0.4) is 0 Å². The third-order valence-electron chi connectivity index (χ3n) is 6.61. The molecule has 0 bridgehead atoms. The minimum atomic E-state index is -0.761. The van der Waals surface area contributed by atoms with Gasteiger partial charge < -0.3 is 4.74 Å². The highest BCUT2D eigenvalue weighted by molar-refractivity contribution is 6.22. The monoisotopic (exact) mass is 464 g/mol. The van der Waals surface area contributed by atoms with Gasteiger partial charge in [-0.2, -0.15) is 0 Å². The number of ketones is 1. The molecule has 0 spiro atoms. The van der Waals surface area contributed by atoms with E-state index in [-0.39, 0.29) is 40.5 Å². The Labute approximate surface area is 195 Å². The maximum atomic E-state index is 12.8. The van der Waals surface area contributed by atoms with E-state index in [0.717, 1.165) is 12.5 Å². The predicted molar refractivity (Wildman–Crippen MR) is 121 cm³/mol. The first-order valence-corrected chi connectivity index (χ1v) is 11.1. The minimum absolute atomic E-state index is 0.0716. The van der Waals surface area contributed by atoms with Crippen molar-refractivity contribution >= 4 is 34.9 Å². The van der Waals surface area contributed by atoms with Crippen molar-refractivity contribution in [2.45, 2.75) is 33.1 Å². The number of imide groups is 1. The maximum Gasteiger partial charge on any atom is 0.338 e. The minimum Gasteiger partial charge on any atom is -0.454 e. The number of esters is 1. The van der Waals surface area contributed by atoms with Gasteiger partial charge in [0.25, 0.3) is 5.69 Å². The molecule has 9 heteroatoms. The summed E-state index contributed by atoms with van der Waals surface area (Å²) in [4.78, 5) is 62.1. The summed E-state index contributed by atoms with van der Waals surface area (Å²) in [6.45, 7) is 3.07. The SMILES string of the molecule is Cc1ccc(C(=O)COC(=O)c2ccc(N3C(=O)C4CCC(C)CC4C3=O)cc2)cc1[N+](=O)[O-]. The first kappa shape index (κ1) is 23.3. The second kappa shape index (κ2) is 9.17. The summed E-state index contributed by atoms with van der Waals surface area (Å²) in [5.41, 5.74) is 0.853. The summed E-state index contributed by atoms with van der Waals surface area (Å²) < 4.78 is 5.07. The van der Waals surface area contributed by atoms with Gasteiger partial charge in [-0.15, -0.1) is 0 Å². The molecule has 3 unspecified atom stereocenters. The van der Waals surface area contributed by atoms with Crippen LogP contribution in [0.5, 0.6) is 0 Å². The predicted octanol–water partition coefficient (Wildman–Crippen LogP) is 3.87. The second-order valence-electron chi connectivity index (χ2n) is 8.95. The molecule has 3 atom stereocenters. The largest absolute Gasteiger partial charge is 0.454 e. The van der Waals surface area contributed by atoms with Crippen molar-refractivity contribution in [3.05, 3.63) is 69.3 Å². The average molecular weight is 464 g/mol. The van der Waals surface area contributed by atoms with Gasteiger partial charge >= 0.3 is 5.97 Å². The van der Waals surface area contributed by atoms with Gasteiger partial charge in [0.1, 0.15) is 0 Å². The van der Waals surface area contributed by atoms with Crippen LogP contribution in [0.4, 0.5) is 11.4 Å². The molecule has 176 valence electrons. The van der Waals surface area contributed by atoms with Gasteiger partial charge in [-0.25, -0.2) is 4.79 Å². The Morgan fingerprint density at radius 3 is 2.35 bits per heavy atom. The number of benzene rings is 2. The summed E-state index contributed by atoms with van der Waals surface area (Å²) in [6, 6.07) is 9.95. The van der Waals surface area contributed by atoms with E-state index >= 15 is 0 Å². The van der Waals surface area contributed by atoms with Crippen molar-refractivity contribution in [1.82, 2.24) is 0 Å². The van der Waals surface area contributed by atoms with Crippen molar-refractivity contribution in [2.75, 3.05) is 11.5 Å². The van der Waals surface area contributed by atoms with Crippen molar-refractivity contribution in [2.24, 2.45) is 17.8 Å². The van der Waals surface area contributed by atoms with E-state index in [1.165, 1.54) is 41.3 Å². The fourth-order valence-corrected chi connectivity index (χ4v) is 4.67. The number of hydrogen-bond donors (Lipinski definition) is 0. The zero-order valence-electron chi connectivity index (χ0n) is 18.9. The van der Waals surface area contributed by atoms with Gasteiger partial charge in [0.05, 0.1) is 28.0 Å². The van der Waals surface area contributed by atoms with E-state index in [1.54, 1.807) is 6.92 Å². The lowest BCUT2D eigenvalue weighted by Crippen LogP contribution is -2.30. The zero-order valence-corrected chi connectivity index (χ0v) is 18.9.